The standard InChI is InChI=1S/C66H48N2/c1-5-14-49(15-6-1)54-28-38-61(39-29-54)67(62-40-30-55(31-41-62)50-16-7-2-8-17-50)63-42-36-58(37-43-63)53-24-26-59(27-25-53)60-22-13-23-66(48-60)68(64-44-32-56(33-45-64)51-18-9-3-10-19-51)65-46-34-57(35-47-65)52-20-11-4-12-21-52/h1-48H. The zero-order valence-corrected chi connectivity index (χ0v) is 37.6. The van der Waals surface area contributed by atoms with Crippen molar-refractivity contribution in [3.63, 3.8) is 0 Å². The van der Waals surface area contributed by atoms with Gasteiger partial charge in [0.25, 0.3) is 0 Å². The quantitative estimate of drug-likeness (QED) is 0.121. The van der Waals surface area contributed by atoms with Crippen LogP contribution in [-0.2, 0) is 0 Å². The Morgan fingerprint density at radius 2 is 0.324 bits per heavy atom. The second-order valence-corrected chi connectivity index (χ2v) is 17.0. The fourth-order valence-corrected chi connectivity index (χ4v) is 9.11. The molecule has 0 radical (unpaired) electrons. The Kier molecular flexibility index (Phi) is 11.8. The van der Waals surface area contributed by atoms with Crippen molar-refractivity contribution in [2.24, 2.45) is 0 Å². The molecule has 2 nitrogen and oxygen atoms in total. The molecule has 0 unspecified atom stereocenters. The van der Waals surface area contributed by atoms with E-state index >= 15 is 0 Å². The molecule has 0 amide bonds. The van der Waals surface area contributed by atoms with Crippen molar-refractivity contribution in [3.8, 4) is 66.8 Å². The molecule has 0 saturated carbocycles. The van der Waals surface area contributed by atoms with Crippen LogP contribution in [0.25, 0.3) is 66.8 Å². The minimum atomic E-state index is 1.09. The summed E-state index contributed by atoms with van der Waals surface area (Å²) in [6, 6.07) is 104. The van der Waals surface area contributed by atoms with Crippen LogP contribution in [0.15, 0.2) is 291 Å². The van der Waals surface area contributed by atoms with Crippen LogP contribution in [0.5, 0.6) is 0 Å². The summed E-state index contributed by atoms with van der Waals surface area (Å²) in [7, 11) is 0. The first-order valence-corrected chi connectivity index (χ1v) is 23.2. The van der Waals surface area contributed by atoms with Crippen molar-refractivity contribution in [1.29, 1.82) is 0 Å². The van der Waals surface area contributed by atoms with Crippen LogP contribution in [0.3, 0.4) is 0 Å². The van der Waals surface area contributed by atoms with E-state index in [1.165, 1.54) is 50.1 Å². The average molecular weight is 869 g/mol. The Balaban J connectivity index is 0.879. The summed E-state index contributed by atoms with van der Waals surface area (Å²) in [5.74, 6) is 0. The molecule has 11 rings (SSSR count). The van der Waals surface area contributed by atoms with E-state index in [0.717, 1.165) is 50.8 Å². The van der Waals surface area contributed by atoms with Gasteiger partial charge in [0.2, 0.25) is 0 Å². The molecule has 0 saturated heterocycles. The van der Waals surface area contributed by atoms with E-state index in [1.807, 2.05) is 0 Å². The van der Waals surface area contributed by atoms with E-state index in [4.69, 9.17) is 0 Å². The minimum absolute atomic E-state index is 1.09. The first-order valence-electron chi connectivity index (χ1n) is 23.2. The third-order valence-electron chi connectivity index (χ3n) is 12.7. The Hall–Kier alpha value is -8.98. The lowest BCUT2D eigenvalue weighted by Gasteiger charge is -2.26. The SMILES string of the molecule is c1ccc(-c2ccc(N(c3ccc(-c4ccccc4)cc3)c3ccc(-c4ccc(-c5cccc(N(c6ccc(-c7ccccc7)cc6)c6ccc(-c7ccccc7)cc6)c5)cc4)cc3)cc2)cc1. The predicted molar refractivity (Wildman–Crippen MR) is 288 cm³/mol. The minimum Gasteiger partial charge on any atom is -0.311 e. The maximum absolute atomic E-state index is 2.35. The Labute approximate surface area is 400 Å². The predicted octanol–water partition coefficient (Wildman–Crippen LogP) is 18.6. The lowest BCUT2D eigenvalue weighted by atomic mass is 9.99. The zero-order valence-electron chi connectivity index (χ0n) is 37.6. The van der Waals surface area contributed by atoms with Crippen molar-refractivity contribution in [2.75, 3.05) is 9.80 Å². The fourth-order valence-electron chi connectivity index (χ4n) is 9.11. The van der Waals surface area contributed by atoms with Crippen LogP contribution >= 0.6 is 0 Å². The van der Waals surface area contributed by atoms with Crippen LogP contribution in [-0.4, -0.2) is 0 Å². The van der Waals surface area contributed by atoms with Gasteiger partial charge < -0.3 is 9.80 Å². The van der Waals surface area contributed by atoms with Crippen LogP contribution in [0.2, 0.25) is 0 Å². The maximum Gasteiger partial charge on any atom is 0.0467 e. The molecule has 0 aliphatic rings. The number of rotatable bonds is 12. The second kappa shape index (κ2) is 19.2. The van der Waals surface area contributed by atoms with Gasteiger partial charge in [-0.05, 0) is 140 Å². The molecule has 0 atom stereocenters. The molecule has 0 N–H and O–H groups in total. The molecule has 0 aromatic heterocycles. The van der Waals surface area contributed by atoms with E-state index in [1.54, 1.807) is 0 Å². The summed E-state index contributed by atoms with van der Waals surface area (Å²) >= 11 is 0. The summed E-state index contributed by atoms with van der Waals surface area (Å²) in [5, 5.41) is 0. The molecule has 0 bridgehead atoms. The fraction of sp³-hybridized carbons (Fsp3) is 0. The second-order valence-electron chi connectivity index (χ2n) is 17.0. The topological polar surface area (TPSA) is 6.48 Å². The third-order valence-corrected chi connectivity index (χ3v) is 12.7. The van der Waals surface area contributed by atoms with Crippen LogP contribution < -0.4 is 9.80 Å². The number of hydrogen-bond donors (Lipinski definition) is 0. The van der Waals surface area contributed by atoms with Gasteiger partial charge in [-0.2, -0.15) is 0 Å². The summed E-state index contributed by atoms with van der Waals surface area (Å²) in [5.41, 5.74) is 20.8. The summed E-state index contributed by atoms with van der Waals surface area (Å²) < 4.78 is 0. The number of nitrogens with zero attached hydrogens (tertiary/aromatic N) is 2. The number of hydrogen-bond acceptors (Lipinski definition) is 2. The summed E-state index contributed by atoms with van der Waals surface area (Å²) in [4.78, 5) is 4.68. The van der Waals surface area contributed by atoms with E-state index in [0.29, 0.717) is 0 Å². The van der Waals surface area contributed by atoms with E-state index < -0.39 is 0 Å². The molecule has 0 aliphatic heterocycles. The summed E-state index contributed by atoms with van der Waals surface area (Å²) in [6.45, 7) is 0. The Bertz CT molecular complexity index is 3190. The van der Waals surface area contributed by atoms with Crippen molar-refractivity contribution in [2.45, 2.75) is 0 Å². The highest BCUT2D eigenvalue weighted by Gasteiger charge is 2.16. The lowest BCUT2D eigenvalue weighted by molar-refractivity contribution is 1.28. The van der Waals surface area contributed by atoms with Gasteiger partial charge in [0.1, 0.15) is 0 Å². The normalized spacial score (nSPS) is 10.9. The molecule has 11 aromatic rings. The van der Waals surface area contributed by atoms with Crippen molar-refractivity contribution >= 4 is 34.1 Å². The van der Waals surface area contributed by atoms with Gasteiger partial charge in [0.05, 0.1) is 0 Å². The Morgan fingerprint density at radius 1 is 0.132 bits per heavy atom. The average Bonchev–Trinajstić information content (AvgIpc) is 3.43. The monoisotopic (exact) mass is 868 g/mol. The van der Waals surface area contributed by atoms with Crippen LogP contribution in [0.1, 0.15) is 0 Å². The number of anilines is 6. The molecule has 0 aliphatic carbocycles. The van der Waals surface area contributed by atoms with Crippen LogP contribution in [0.4, 0.5) is 34.1 Å². The smallest absolute Gasteiger partial charge is 0.0467 e. The largest absolute Gasteiger partial charge is 0.311 e. The van der Waals surface area contributed by atoms with Crippen LogP contribution in [0, 0.1) is 0 Å². The molecule has 0 heterocycles. The van der Waals surface area contributed by atoms with Crippen molar-refractivity contribution in [3.05, 3.63) is 291 Å². The molecular weight excluding hydrogens is 821 g/mol. The molecule has 0 spiro atoms. The van der Waals surface area contributed by atoms with Gasteiger partial charge in [0.15, 0.2) is 0 Å². The number of benzene rings is 11. The van der Waals surface area contributed by atoms with Gasteiger partial charge in [-0.15, -0.1) is 0 Å². The third kappa shape index (κ3) is 9.00. The molecular formula is C66H48N2. The Morgan fingerprint density at radius 3 is 0.588 bits per heavy atom. The van der Waals surface area contributed by atoms with Gasteiger partial charge in [-0.25, -0.2) is 0 Å². The van der Waals surface area contributed by atoms with Gasteiger partial charge >= 0.3 is 0 Å². The molecule has 0 fully saturated rings. The van der Waals surface area contributed by atoms with Crippen molar-refractivity contribution < 1.29 is 0 Å². The summed E-state index contributed by atoms with van der Waals surface area (Å²) in [6.07, 6.45) is 0. The molecule has 11 aromatic carbocycles. The zero-order chi connectivity index (χ0) is 45.5. The molecule has 68 heavy (non-hydrogen) atoms. The van der Waals surface area contributed by atoms with Gasteiger partial charge in [-0.1, -0.05) is 218 Å². The molecule has 2 heteroatoms. The highest BCUT2D eigenvalue weighted by atomic mass is 15.1. The van der Waals surface area contributed by atoms with Gasteiger partial charge in [-0.3, -0.25) is 0 Å². The van der Waals surface area contributed by atoms with E-state index in [2.05, 4.69) is 301 Å². The van der Waals surface area contributed by atoms with E-state index in [9.17, 15) is 0 Å². The first kappa shape index (κ1) is 41.7. The highest BCUT2D eigenvalue weighted by Crippen LogP contribution is 2.40. The first-order chi connectivity index (χ1) is 33.7. The van der Waals surface area contributed by atoms with E-state index in [-0.39, 0.29) is 0 Å². The lowest BCUT2D eigenvalue weighted by Crippen LogP contribution is -2.10. The van der Waals surface area contributed by atoms with Crippen molar-refractivity contribution in [1.82, 2.24) is 0 Å². The highest BCUT2D eigenvalue weighted by molar-refractivity contribution is 5.84. The van der Waals surface area contributed by atoms with Gasteiger partial charge in [0, 0.05) is 34.1 Å². The maximum atomic E-state index is 2.35. The molecule has 322 valence electrons.